The molecule has 1 N–H and O–H groups in total. The lowest BCUT2D eigenvalue weighted by molar-refractivity contribution is 0.0497. The molecule has 6 nitrogen and oxygen atoms in total. The molecular weight excluding hydrogens is 326 g/mol. The Bertz CT molecular complexity index is 711. The zero-order valence-electron chi connectivity index (χ0n) is 13.9. The molecule has 7 heteroatoms. The number of ether oxygens (including phenoxy) is 2. The van der Waals surface area contributed by atoms with E-state index >= 15 is 0 Å². The maximum atomic E-state index is 12.4. The molecule has 3 rings (SSSR count). The lowest BCUT2D eigenvalue weighted by atomic mass is 10.0. The molecule has 1 aliphatic rings. The Labute approximate surface area is 145 Å². The molecular formula is C17H21N3O3S. The van der Waals surface area contributed by atoms with E-state index in [-0.39, 0.29) is 5.91 Å². The third-order valence-corrected chi connectivity index (χ3v) is 4.70. The first kappa shape index (κ1) is 16.9. The van der Waals surface area contributed by atoms with Crippen molar-refractivity contribution in [2.24, 2.45) is 5.92 Å². The Morgan fingerprint density at radius 1 is 1.29 bits per heavy atom. The van der Waals surface area contributed by atoms with E-state index in [1.54, 1.807) is 6.07 Å². The molecule has 2 aromatic heterocycles. The molecule has 128 valence electrons. The monoisotopic (exact) mass is 347 g/mol. The Kier molecular flexibility index (Phi) is 5.42. The molecule has 0 bridgehead atoms. The van der Waals surface area contributed by atoms with Crippen LogP contribution in [0.25, 0.3) is 0 Å². The minimum atomic E-state index is -0.274. The van der Waals surface area contributed by atoms with Crippen LogP contribution in [0.15, 0.2) is 17.5 Å². The van der Waals surface area contributed by atoms with Crippen LogP contribution in [0, 0.1) is 19.8 Å². The molecule has 1 aliphatic heterocycles. The highest BCUT2D eigenvalue weighted by molar-refractivity contribution is 7.13. The van der Waals surface area contributed by atoms with Gasteiger partial charge in [-0.2, -0.15) is 0 Å². The first-order valence-electron chi connectivity index (χ1n) is 8.03. The van der Waals surface area contributed by atoms with Gasteiger partial charge in [0.25, 0.3) is 5.91 Å². The van der Waals surface area contributed by atoms with Gasteiger partial charge >= 0.3 is 0 Å². The molecule has 1 fully saturated rings. The molecule has 0 aliphatic carbocycles. The maximum Gasteiger partial charge on any atom is 0.276 e. The van der Waals surface area contributed by atoms with Gasteiger partial charge in [0.15, 0.2) is 5.13 Å². The van der Waals surface area contributed by atoms with Crippen molar-refractivity contribution in [3.63, 3.8) is 0 Å². The Morgan fingerprint density at radius 3 is 2.79 bits per heavy atom. The highest BCUT2D eigenvalue weighted by atomic mass is 32.1. The molecule has 0 saturated carbocycles. The lowest BCUT2D eigenvalue weighted by Crippen LogP contribution is -2.21. The van der Waals surface area contributed by atoms with Crippen LogP contribution in [0.1, 0.15) is 34.7 Å². The number of hydrogen-bond acceptors (Lipinski definition) is 6. The van der Waals surface area contributed by atoms with Crippen LogP contribution < -0.4 is 10.1 Å². The minimum absolute atomic E-state index is 0.274. The van der Waals surface area contributed by atoms with E-state index in [1.165, 1.54) is 11.3 Å². The van der Waals surface area contributed by atoms with Gasteiger partial charge < -0.3 is 9.47 Å². The number of aryl methyl sites for hydroxylation is 2. The van der Waals surface area contributed by atoms with Gasteiger partial charge in [0, 0.05) is 36.4 Å². The number of thiazole rings is 1. The summed E-state index contributed by atoms with van der Waals surface area (Å²) < 4.78 is 11.2. The predicted molar refractivity (Wildman–Crippen MR) is 92.8 cm³/mol. The number of carbonyl (C=O) groups is 1. The molecule has 2 aromatic rings. The second-order valence-corrected chi connectivity index (χ2v) is 6.80. The van der Waals surface area contributed by atoms with E-state index in [2.05, 4.69) is 15.3 Å². The number of aromatic nitrogens is 2. The van der Waals surface area contributed by atoms with Crippen LogP contribution in [-0.4, -0.2) is 35.7 Å². The van der Waals surface area contributed by atoms with Crippen LogP contribution in [-0.2, 0) is 4.74 Å². The number of pyridine rings is 1. The third kappa shape index (κ3) is 4.52. The average Bonchev–Trinajstić information content (AvgIpc) is 2.98. The van der Waals surface area contributed by atoms with Gasteiger partial charge in [0.05, 0.1) is 12.3 Å². The first-order valence-corrected chi connectivity index (χ1v) is 8.91. The number of amides is 1. The van der Waals surface area contributed by atoms with E-state index in [0.29, 0.717) is 29.1 Å². The van der Waals surface area contributed by atoms with Crippen molar-refractivity contribution in [1.82, 2.24) is 9.97 Å². The number of nitrogens with one attached hydrogen (secondary N) is 1. The maximum absolute atomic E-state index is 12.4. The predicted octanol–water partition coefficient (Wildman–Crippen LogP) is 3.21. The fourth-order valence-corrected chi connectivity index (χ4v) is 3.22. The SMILES string of the molecule is Cc1cc(OCC2CCOCC2)cc(C(=O)Nc2nc(C)cs2)n1. The molecule has 3 heterocycles. The zero-order valence-corrected chi connectivity index (χ0v) is 14.7. The summed E-state index contributed by atoms with van der Waals surface area (Å²) in [6.45, 7) is 5.97. The molecule has 1 amide bonds. The topological polar surface area (TPSA) is 73.3 Å². The number of nitrogens with zero attached hydrogens (tertiary/aromatic N) is 2. The smallest absolute Gasteiger partial charge is 0.276 e. The van der Waals surface area contributed by atoms with Crippen molar-refractivity contribution >= 4 is 22.4 Å². The lowest BCUT2D eigenvalue weighted by Gasteiger charge is -2.22. The third-order valence-electron chi connectivity index (χ3n) is 3.83. The number of hydrogen-bond donors (Lipinski definition) is 1. The second kappa shape index (κ2) is 7.72. The molecule has 1 saturated heterocycles. The summed E-state index contributed by atoms with van der Waals surface area (Å²) in [7, 11) is 0. The van der Waals surface area contributed by atoms with Crippen molar-refractivity contribution in [2.75, 3.05) is 25.1 Å². The summed E-state index contributed by atoms with van der Waals surface area (Å²) in [6.07, 6.45) is 2.03. The van der Waals surface area contributed by atoms with Gasteiger partial charge in [-0.25, -0.2) is 9.97 Å². The quantitative estimate of drug-likeness (QED) is 0.899. The van der Waals surface area contributed by atoms with Gasteiger partial charge in [-0.15, -0.1) is 11.3 Å². The van der Waals surface area contributed by atoms with Gasteiger partial charge in [-0.05, 0) is 32.6 Å². The zero-order chi connectivity index (χ0) is 16.9. The standard InChI is InChI=1S/C17H21N3O3S/c1-11-7-14(23-9-13-3-5-22-6-4-13)8-15(18-11)16(21)20-17-19-12(2)10-24-17/h7-8,10,13H,3-6,9H2,1-2H3,(H,19,20,21). The summed E-state index contributed by atoms with van der Waals surface area (Å²) in [6, 6.07) is 3.53. The fourth-order valence-electron chi connectivity index (χ4n) is 2.54. The van der Waals surface area contributed by atoms with E-state index in [0.717, 1.165) is 37.4 Å². The Morgan fingerprint density at radius 2 is 2.08 bits per heavy atom. The number of carbonyl (C=O) groups excluding carboxylic acids is 1. The van der Waals surface area contributed by atoms with E-state index in [9.17, 15) is 4.79 Å². The molecule has 0 spiro atoms. The van der Waals surface area contributed by atoms with E-state index in [4.69, 9.17) is 9.47 Å². The molecule has 0 radical (unpaired) electrons. The number of rotatable bonds is 5. The van der Waals surface area contributed by atoms with Gasteiger partial charge in [0.2, 0.25) is 0 Å². The second-order valence-electron chi connectivity index (χ2n) is 5.94. The average molecular weight is 347 g/mol. The van der Waals surface area contributed by atoms with Gasteiger partial charge in [-0.3, -0.25) is 10.1 Å². The van der Waals surface area contributed by atoms with Crippen molar-refractivity contribution in [3.8, 4) is 5.75 Å². The van der Waals surface area contributed by atoms with Crippen LogP contribution in [0.4, 0.5) is 5.13 Å². The Hall–Kier alpha value is -1.99. The molecule has 0 atom stereocenters. The normalized spacial score (nSPS) is 15.2. The van der Waals surface area contributed by atoms with Crippen LogP contribution in [0.2, 0.25) is 0 Å². The van der Waals surface area contributed by atoms with Crippen LogP contribution in [0.3, 0.4) is 0 Å². The van der Waals surface area contributed by atoms with E-state index in [1.807, 2.05) is 25.3 Å². The van der Waals surface area contributed by atoms with Crippen molar-refractivity contribution in [2.45, 2.75) is 26.7 Å². The summed E-state index contributed by atoms with van der Waals surface area (Å²) >= 11 is 1.40. The van der Waals surface area contributed by atoms with Crippen molar-refractivity contribution in [1.29, 1.82) is 0 Å². The molecule has 24 heavy (non-hydrogen) atoms. The fraction of sp³-hybridized carbons (Fsp3) is 0.471. The summed E-state index contributed by atoms with van der Waals surface area (Å²) in [5, 5.41) is 5.24. The van der Waals surface area contributed by atoms with Crippen LogP contribution >= 0.6 is 11.3 Å². The number of anilines is 1. The van der Waals surface area contributed by atoms with Crippen LogP contribution in [0.5, 0.6) is 5.75 Å². The summed E-state index contributed by atoms with van der Waals surface area (Å²) in [4.78, 5) is 20.9. The van der Waals surface area contributed by atoms with Crippen molar-refractivity contribution < 1.29 is 14.3 Å². The summed E-state index contributed by atoms with van der Waals surface area (Å²) in [5.74, 6) is 0.904. The van der Waals surface area contributed by atoms with Gasteiger partial charge in [0.1, 0.15) is 11.4 Å². The van der Waals surface area contributed by atoms with Gasteiger partial charge in [-0.1, -0.05) is 0 Å². The first-order chi connectivity index (χ1) is 11.6. The minimum Gasteiger partial charge on any atom is -0.493 e. The van der Waals surface area contributed by atoms with E-state index < -0.39 is 0 Å². The largest absolute Gasteiger partial charge is 0.493 e. The van der Waals surface area contributed by atoms with Crippen molar-refractivity contribution in [3.05, 3.63) is 34.6 Å². The highest BCUT2D eigenvalue weighted by Crippen LogP contribution is 2.20. The Balaban J connectivity index is 1.65. The summed E-state index contributed by atoms with van der Waals surface area (Å²) in [5.41, 5.74) is 1.97. The molecule has 0 unspecified atom stereocenters. The molecule has 0 aromatic carbocycles. The highest BCUT2D eigenvalue weighted by Gasteiger charge is 2.16.